The van der Waals surface area contributed by atoms with Crippen molar-refractivity contribution in [2.45, 2.75) is 70.9 Å². The Morgan fingerprint density at radius 1 is 1.22 bits per heavy atom. The Bertz CT molecular complexity index is 270. The third-order valence-corrected chi connectivity index (χ3v) is 4.58. The van der Waals surface area contributed by atoms with Crippen LogP contribution in [0.4, 0.5) is 0 Å². The van der Waals surface area contributed by atoms with Crippen molar-refractivity contribution in [2.24, 2.45) is 5.92 Å². The van der Waals surface area contributed by atoms with Crippen LogP contribution in [0, 0.1) is 5.92 Å². The molecule has 0 aromatic heterocycles. The molecule has 3 heteroatoms. The van der Waals surface area contributed by atoms with Gasteiger partial charge >= 0.3 is 0 Å². The van der Waals surface area contributed by atoms with Gasteiger partial charge in [0.25, 0.3) is 0 Å². The molecule has 2 aliphatic rings. The molecular formula is C15H28N2O. The molecule has 0 spiro atoms. The maximum absolute atomic E-state index is 12.1. The van der Waals surface area contributed by atoms with E-state index in [1.54, 1.807) is 0 Å². The van der Waals surface area contributed by atoms with E-state index in [4.69, 9.17) is 0 Å². The van der Waals surface area contributed by atoms with E-state index in [-0.39, 0.29) is 0 Å². The Labute approximate surface area is 111 Å². The van der Waals surface area contributed by atoms with Gasteiger partial charge in [-0.1, -0.05) is 19.3 Å². The second kappa shape index (κ2) is 6.55. The molecule has 2 aliphatic carbocycles. The highest BCUT2D eigenvalue weighted by molar-refractivity contribution is 5.78. The zero-order chi connectivity index (χ0) is 13.0. The summed E-state index contributed by atoms with van der Waals surface area (Å²) in [5, 5.41) is 3.46. The molecule has 1 atom stereocenters. The lowest BCUT2D eigenvalue weighted by atomic mass is 9.84. The highest BCUT2D eigenvalue weighted by atomic mass is 16.2. The minimum absolute atomic E-state index is 0.294. The molecule has 2 saturated carbocycles. The third kappa shape index (κ3) is 3.71. The van der Waals surface area contributed by atoms with Gasteiger partial charge in [0.2, 0.25) is 5.91 Å². The van der Waals surface area contributed by atoms with Crippen LogP contribution < -0.4 is 5.32 Å². The maximum atomic E-state index is 12.1. The highest BCUT2D eigenvalue weighted by Gasteiger charge is 2.31. The number of rotatable bonds is 6. The number of carbonyl (C=O) groups excluding carboxylic acids is 1. The summed E-state index contributed by atoms with van der Waals surface area (Å²) in [6, 6.07) is 1.04. The summed E-state index contributed by atoms with van der Waals surface area (Å²) in [6.07, 6.45) is 9.22. The van der Waals surface area contributed by atoms with Gasteiger partial charge in [-0.25, -0.2) is 0 Å². The van der Waals surface area contributed by atoms with Gasteiger partial charge in [-0.15, -0.1) is 0 Å². The molecule has 2 fully saturated rings. The number of carbonyl (C=O) groups is 1. The molecule has 0 radical (unpaired) electrons. The molecule has 0 bridgehead atoms. The van der Waals surface area contributed by atoms with Crippen LogP contribution in [0.25, 0.3) is 0 Å². The number of nitrogens with one attached hydrogen (secondary N) is 1. The van der Waals surface area contributed by atoms with Crippen molar-refractivity contribution >= 4 is 5.91 Å². The Balaban J connectivity index is 1.70. The first-order valence-corrected chi connectivity index (χ1v) is 7.75. The van der Waals surface area contributed by atoms with E-state index in [1.807, 2.05) is 4.90 Å². The van der Waals surface area contributed by atoms with E-state index in [1.165, 1.54) is 44.9 Å². The summed E-state index contributed by atoms with van der Waals surface area (Å²) < 4.78 is 0. The summed E-state index contributed by atoms with van der Waals surface area (Å²) in [4.78, 5) is 14.1. The van der Waals surface area contributed by atoms with Crippen LogP contribution in [-0.2, 0) is 4.79 Å². The van der Waals surface area contributed by atoms with Gasteiger partial charge in [0.15, 0.2) is 0 Å². The molecular weight excluding hydrogens is 224 g/mol. The van der Waals surface area contributed by atoms with E-state index in [2.05, 4.69) is 19.2 Å². The third-order valence-electron chi connectivity index (χ3n) is 4.58. The minimum atomic E-state index is 0.294. The van der Waals surface area contributed by atoms with Crippen molar-refractivity contribution in [1.82, 2.24) is 10.2 Å². The Morgan fingerprint density at radius 2 is 1.89 bits per heavy atom. The van der Waals surface area contributed by atoms with Crippen LogP contribution in [0.3, 0.4) is 0 Å². The molecule has 0 aromatic rings. The van der Waals surface area contributed by atoms with E-state index in [0.717, 1.165) is 12.5 Å². The predicted molar refractivity (Wildman–Crippen MR) is 74.4 cm³/mol. The fourth-order valence-electron chi connectivity index (χ4n) is 3.18. The lowest BCUT2D eigenvalue weighted by Crippen LogP contribution is -2.44. The van der Waals surface area contributed by atoms with Crippen molar-refractivity contribution in [3.05, 3.63) is 0 Å². The average molecular weight is 252 g/mol. The largest absolute Gasteiger partial charge is 0.339 e. The lowest BCUT2D eigenvalue weighted by Gasteiger charge is -2.29. The maximum Gasteiger partial charge on any atom is 0.236 e. The average Bonchev–Trinajstić information content (AvgIpc) is 3.22. The van der Waals surface area contributed by atoms with Crippen molar-refractivity contribution < 1.29 is 4.79 Å². The van der Waals surface area contributed by atoms with Crippen molar-refractivity contribution in [2.75, 3.05) is 13.1 Å². The molecule has 0 aromatic carbocycles. The summed E-state index contributed by atoms with van der Waals surface area (Å²) in [6.45, 7) is 5.72. The summed E-state index contributed by atoms with van der Waals surface area (Å²) >= 11 is 0. The quantitative estimate of drug-likeness (QED) is 0.788. The molecule has 0 heterocycles. The number of likely N-dealkylation sites (N-methyl/N-ethyl adjacent to an activating group) is 1. The number of hydrogen-bond acceptors (Lipinski definition) is 2. The van der Waals surface area contributed by atoms with E-state index in [0.29, 0.717) is 24.5 Å². The Morgan fingerprint density at radius 3 is 2.44 bits per heavy atom. The van der Waals surface area contributed by atoms with Gasteiger partial charge in [0.1, 0.15) is 0 Å². The molecule has 1 unspecified atom stereocenters. The zero-order valence-corrected chi connectivity index (χ0v) is 12.0. The van der Waals surface area contributed by atoms with Crippen LogP contribution in [0.1, 0.15) is 58.8 Å². The van der Waals surface area contributed by atoms with Crippen LogP contribution in [0.2, 0.25) is 0 Å². The zero-order valence-electron chi connectivity index (χ0n) is 12.0. The van der Waals surface area contributed by atoms with Gasteiger partial charge in [-0.05, 0) is 45.4 Å². The van der Waals surface area contributed by atoms with Gasteiger partial charge in [0.05, 0.1) is 6.54 Å². The molecule has 2 rings (SSSR count). The predicted octanol–water partition coefficient (Wildman–Crippen LogP) is 2.56. The van der Waals surface area contributed by atoms with Crippen molar-refractivity contribution in [3.63, 3.8) is 0 Å². The fourth-order valence-corrected chi connectivity index (χ4v) is 3.18. The second-order valence-electron chi connectivity index (χ2n) is 5.98. The molecule has 18 heavy (non-hydrogen) atoms. The molecule has 0 aliphatic heterocycles. The van der Waals surface area contributed by atoms with Gasteiger partial charge in [-0.3, -0.25) is 4.79 Å². The van der Waals surface area contributed by atoms with Crippen LogP contribution in [0.15, 0.2) is 0 Å². The van der Waals surface area contributed by atoms with Crippen LogP contribution >= 0.6 is 0 Å². The molecule has 1 amide bonds. The number of amides is 1. The van der Waals surface area contributed by atoms with E-state index < -0.39 is 0 Å². The minimum Gasteiger partial charge on any atom is -0.339 e. The molecule has 0 saturated heterocycles. The molecule has 3 nitrogen and oxygen atoms in total. The van der Waals surface area contributed by atoms with Gasteiger partial charge < -0.3 is 10.2 Å². The number of hydrogen-bond donors (Lipinski definition) is 1. The van der Waals surface area contributed by atoms with E-state index in [9.17, 15) is 4.79 Å². The summed E-state index contributed by atoms with van der Waals surface area (Å²) in [7, 11) is 0. The van der Waals surface area contributed by atoms with Crippen LogP contribution in [0.5, 0.6) is 0 Å². The first-order valence-electron chi connectivity index (χ1n) is 7.75. The highest BCUT2D eigenvalue weighted by Crippen LogP contribution is 2.27. The first-order chi connectivity index (χ1) is 8.72. The monoisotopic (exact) mass is 252 g/mol. The summed E-state index contributed by atoms with van der Waals surface area (Å²) in [5.74, 6) is 1.07. The number of nitrogens with zero attached hydrogens (tertiary/aromatic N) is 1. The fraction of sp³-hybridized carbons (Fsp3) is 0.933. The second-order valence-corrected chi connectivity index (χ2v) is 5.98. The van der Waals surface area contributed by atoms with Crippen molar-refractivity contribution in [1.29, 1.82) is 0 Å². The lowest BCUT2D eigenvalue weighted by molar-refractivity contribution is -0.130. The van der Waals surface area contributed by atoms with Crippen LogP contribution in [-0.4, -0.2) is 36.0 Å². The van der Waals surface area contributed by atoms with E-state index >= 15 is 0 Å². The molecule has 104 valence electrons. The normalized spacial score (nSPS) is 22.8. The Kier molecular flexibility index (Phi) is 5.04. The Hall–Kier alpha value is -0.570. The first kappa shape index (κ1) is 13.9. The smallest absolute Gasteiger partial charge is 0.236 e. The van der Waals surface area contributed by atoms with Gasteiger partial charge in [-0.2, -0.15) is 0 Å². The van der Waals surface area contributed by atoms with Gasteiger partial charge in [0, 0.05) is 18.6 Å². The SMILES string of the molecule is CCN(C(=O)CNC(C)C1CCCCC1)C1CC1. The topological polar surface area (TPSA) is 32.3 Å². The summed E-state index contributed by atoms with van der Waals surface area (Å²) in [5.41, 5.74) is 0. The standard InChI is InChI=1S/C15H28N2O/c1-3-17(14-9-10-14)15(18)11-16-12(2)13-7-5-4-6-8-13/h12-14,16H,3-11H2,1-2H3. The molecule has 1 N–H and O–H groups in total. The van der Waals surface area contributed by atoms with Crippen molar-refractivity contribution in [3.8, 4) is 0 Å².